The number of methoxy groups -OCH3 is 1. The molecule has 3 rings (SSSR count). The summed E-state index contributed by atoms with van der Waals surface area (Å²) in [6.45, 7) is 8.33. The summed E-state index contributed by atoms with van der Waals surface area (Å²) in [7, 11) is -3.01. The summed E-state index contributed by atoms with van der Waals surface area (Å²) in [4.78, 5) is 39.6. The molecule has 3 aromatic rings. The average molecular weight is 625 g/mol. The number of aryl methyl sites for hydroxylation is 1. The van der Waals surface area contributed by atoms with E-state index in [0.717, 1.165) is 15.9 Å². The van der Waals surface area contributed by atoms with Crippen molar-refractivity contribution in [3.63, 3.8) is 0 Å². The van der Waals surface area contributed by atoms with Crippen molar-refractivity contribution in [3.8, 4) is 5.75 Å². The van der Waals surface area contributed by atoms with E-state index in [1.165, 1.54) is 43.2 Å². The average Bonchev–Trinajstić information content (AvgIpc) is 2.97. The van der Waals surface area contributed by atoms with Gasteiger partial charge in [0.25, 0.3) is 15.7 Å². The number of amides is 2. The second-order valence-corrected chi connectivity index (χ2v) is 13.3. The molecule has 12 heteroatoms. The predicted molar refractivity (Wildman–Crippen MR) is 169 cm³/mol. The number of ether oxygens (including phenoxy) is 1. The van der Waals surface area contributed by atoms with Gasteiger partial charge in [-0.05, 0) is 76.4 Å². The summed E-state index contributed by atoms with van der Waals surface area (Å²) in [5.41, 5.74) is 0.475. The summed E-state index contributed by atoms with van der Waals surface area (Å²) < 4.78 is 34.3. The highest BCUT2D eigenvalue weighted by Crippen LogP contribution is 2.29. The molecular formula is C32H40N4O7S. The molecule has 0 heterocycles. The molecule has 0 aliphatic carbocycles. The topological polar surface area (TPSA) is 139 Å². The Kier molecular flexibility index (Phi) is 11.1. The Hall–Kier alpha value is -4.45. The molecule has 0 fully saturated rings. The molecule has 0 aromatic heterocycles. The van der Waals surface area contributed by atoms with Gasteiger partial charge >= 0.3 is 0 Å². The number of hydrogen-bond donors (Lipinski definition) is 1. The van der Waals surface area contributed by atoms with Crippen LogP contribution in [0.25, 0.3) is 0 Å². The van der Waals surface area contributed by atoms with Crippen LogP contribution in [-0.2, 0) is 26.0 Å². The van der Waals surface area contributed by atoms with Gasteiger partial charge in [0.1, 0.15) is 18.3 Å². The Morgan fingerprint density at radius 2 is 1.66 bits per heavy atom. The van der Waals surface area contributed by atoms with Gasteiger partial charge in [0.2, 0.25) is 11.8 Å². The maximum Gasteiger partial charge on any atom is 0.273 e. The van der Waals surface area contributed by atoms with E-state index < -0.39 is 39.0 Å². The number of hydrogen-bond acceptors (Lipinski definition) is 7. The first kappa shape index (κ1) is 34.0. The first-order chi connectivity index (χ1) is 20.7. The molecule has 0 radical (unpaired) electrons. The van der Waals surface area contributed by atoms with Crippen molar-refractivity contribution in [2.45, 2.75) is 63.9 Å². The van der Waals surface area contributed by atoms with E-state index in [0.29, 0.717) is 24.2 Å². The lowest BCUT2D eigenvalue weighted by Crippen LogP contribution is -2.56. The van der Waals surface area contributed by atoms with Crippen LogP contribution in [0.2, 0.25) is 0 Å². The molecule has 3 aromatic carbocycles. The second-order valence-electron chi connectivity index (χ2n) is 11.4. The number of anilines is 1. The van der Waals surface area contributed by atoms with Crippen molar-refractivity contribution >= 4 is 33.2 Å². The number of benzene rings is 3. The van der Waals surface area contributed by atoms with Crippen LogP contribution in [0.5, 0.6) is 5.75 Å². The summed E-state index contributed by atoms with van der Waals surface area (Å²) in [6.07, 6.45) is 0.729. The van der Waals surface area contributed by atoms with Crippen molar-refractivity contribution in [3.05, 3.63) is 94.0 Å². The maximum absolute atomic E-state index is 14.2. The summed E-state index contributed by atoms with van der Waals surface area (Å²) >= 11 is 0. The number of nitro benzene ring substituents is 1. The monoisotopic (exact) mass is 624 g/mol. The number of nitro groups is 1. The minimum Gasteiger partial charge on any atom is -0.497 e. The van der Waals surface area contributed by atoms with E-state index >= 15 is 0 Å². The largest absolute Gasteiger partial charge is 0.497 e. The van der Waals surface area contributed by atoms with Crippen molar-refractivity contribution in [1.82, 2.24) is 10.2 Å². The third-order valence-electron chi connectivity index (χ3n) is 6.97. The molecule has 0 aliphatic heterocycles. The number of carbonyl (C=O) groups excluding carboxylic acids is 2. The van der Waals surface area contributed by atoms with Crippen LogP contribution in [0, 0.1) is 17.0 Å². The highest BCUT2D eigenvalue weighted by molar-refractivity contribution is 7.92. The normalized spacial score (nSPS) is 12.2. The molecule has 0 aliphatic rings. The quantitative estimate of drug-likeness (QED) is 0.211. The van der Waals surface area contributed by atoms with Crippen molar-refractivity contribution in [2.24, 2.45) is 0 Å². The molecule has 1 unspecified atom stereocenters. The van der Waals surface area contributed by atoms with E-state index in [2.05, 4.69) is 5.32 Å². The third-order valence-corrected chi connectivity index (χ3v) is 8.74. The number of carbonyl (C=O) groups is 2. The molecule has 44 heavy (non-hydrogen) atoms. The van der Waals surface area contributed by atoms with E-state index in [4.69, 9.17) is 4.74 Å². The minimum atomic E-state index is -4.48. The molecular weight excluding hydrogens is 584 g/mol. The highest BCUT2D eigenvalue weighted by atomic mass is 32.2. The van der Waals surface area contributed by atoms with Gasteiger partial charge in [0.15, 0.2) is 0 Å². The van der Waals surface area contributed by atoms with E-state index in [9.17, 15) is 28.1 Å². The van der Waals surface area contributed by atoms with Gasteiger partial charge in [-0.2, -0.15) is 0 Å². The number of nitrogens with zero attached hydrogens (tertiary/aromatic N) is 3. The zero-order valence-electron chi connectivity index (χ0n) is 25.9. The van der Waals surface area contributed by atoms with Gasteiger partial charge in [-0.3, -0.25) is 24.0 Å². The van der Waals surface area contributed by atoms with Crippen LogP contribution < -0.4 is 14.4 Å². The number of nitrogens with one attached hydrogen (secondary N) is 1. The number of rotatable bonds is 13. The summed E-state index contributed by atoms with van der Waals surface area (Å²) in [5, 5.41) is 14.6. The fraction of sp³-hybridized carbons (Fsp3) is 0.375. The van der Waals surface area contributed by atoms with Crippen LogP contribution in [0.4, 0.5) is 11.4 Å². The van der Waals surface area contributed by atoms with Gasteiger partial charge in [-0.25, -0.2) is 8.42 Å². The summed E-state index contributed by atoms with van der Waals surface area (Å²) in [5.74, 6) is -0.481. The van der Waals surface area contributed by atoms with E-state index in [1.807, 2.05) is 51.1 Å². The Bertz CT molecular complexity index is 1570. The lowest BCUT2D eigenvalue weighted by molar-refractivity contribution is -0.385. The molecule has 0 saturated carbocycles. The molecule has 2 amide bonds. The van der Waals surface area contributed by atoms with Gasteiger partial charge in [0, 0.05) is 23.7 Å². The van der Waals surface area contributed by atoms with E-state index in [-0.39, 0.29) is 28.7 Å². The predicted octanol–water partition coefficient (Wildman–Crippen LogP) is 4.87. The van der Waals surface area contributed by atoms with Gasteiger partial charge in [-0.15, -0.1) is 0 Å². The fourth-order valence-electron chi connectivity index (χ4n) is 4.70. The molecule has 0 saturated heterocycles. The number of sulfonamides is 1. The standard InChI is InChI=1S/C32H40N4O7S/c1-7-28(31(38)33-32(3,4)5)34(20-19-24-11-9-8-10-12-24)30(37)22-35(25-14-16-26(43-6)17-15-25)44(41,42)27-18-13-23(2)29(21-27)36(39)40/h8-18,21,28H,7,19-20,22H2,1-6H3,(H,33,38). The molecule has 0 bridgehead atoms. The highest BCUT2D eigenvalue weighted by Gasteiger charge is 2.35. The lowest BCUT2D eigenvalue weighted by atomic mass is 10.1. The smallest absolute Gasteiger partial charge is 0.273 e. The third kappa shape index (κ3) is 8.56. The van der Waals surface area contributed by atoms with Crippen molar-refractivity contribution in [2.75, 3.05) is 24.5 Å². The SMILES string of the molecule is CCC(C(=O)NC(C)(C)C)N(CCc1ccccc1)C(=O)CN(c1ccc(OC)cc1)S(=O)(=O)c1ccc(C)c([N+](=O)[O-])c1. The fourth-order valence-corrected chi connectivity index (χ4v) is 6.13. The zero-order valence-corrected chi connectivity index (χ0v) is 26.8. The van der Waals surface area contributed by atoms with Crippen LogP contribution in [0.15, 0.2) is 77.7 Å². The van der Waals surface area contributed by atoms with Gasteiger partial charge in [-0.1, -0.05) is 43.3 Å². The Balaban J connectivity index is 2.08. The molecule has 236 valence electrons. The molecule has 0 spiro atoms. The minimum absolute atomic E-state index is 0.151. The maximum atomic E-state index is 14.2. The van der Waals surface area contributed by atoms with E-state index in [1.54, 1.807) is 19.1 Å². The Morgan fingerprint density at radius 1 is 1.02 bits per heavy atom. The second kappa shape index (κ2) is 14.3. The van der Waals surface area contributed by atoms with Crippen LogP contribution in [-0.4, -0.2) is 61.8 Å². The molecule has 1 N–H and O–H groups in total. The van der Waals surface area contributed by atoms with Gasteiger partial charge < -0.3 is 15.0 Å². The summed E-state index contributed by atoms with van der Waals surface area (Å²) in [6, 6.07) is 18.3. The van der Waals surface area contributed by atoms with Crippen LogP contribution >= 0.6 is 0 Å². The van der Waals surface area contributed by atoms with Crippen LogP contribution in [0.3, 0.4) is 0 Å². The molecule has 11 nitrogen and oxygen atoms in total. The molecule has 1 atom stereocenters. The van der Waals surface area contributed by atoms with Crippen molar-refractivity contribution < 1.29 is 27.7 Å². The Morgan fingerprint density at radius 3 is 2.20 bits per heavy atom. The zero-order chi connectivity index (χ0) is 32.7. The first-order valence-corrected chi connectivity index (χ1v) is 15.7. The Labute approximate surface area is 259 Å². The lowest BCUT2D eigenvalue weighted by Gasteiger charge is -2.34. The van der Waals surface area contributed by atoms with Gasteiger partial charge in [0.05, 0.1) is 22.6 Å². The van der Waals surface area contributed by atoms with Crippen LogP contribution in [0.1, 0.15) is 45.2 Å². The first-order valence-electron chi connectivity index (χ1n) is 14.2. The van der Waals surface area contributed by atoms with Crippen molar-refractivity contribution in [1.29, 1.82) is 0 Å².